The molecule has 0 saturated heterocycles. The van der Waals surface area contributed by atoms with Crippen molar-refractivity contribution in [3.8, 4) is 0 Å². The maximum atomic E-state index is 12.8. The number of carbonyl (C=O) groups is 1. The van der Waals surface area contributed by atoms with Crippen LogP contribution in [0.1, 0.15) is 15.9 Å². The summed E-state index contributed by atoms with van der Waals surface area (Å²) in [6.07, 6.45) is 0. The highest BCUT2D eigenvalue weighted by Gasteiger charge is 2.23. The van der Waals surface area contributed by atoms with Crippen LogP contribution < -0.4 is 0 Å². The molecule has 0 aliphatic carbocycles. The first-order valence-corrected chi connectivity index (χ1v) is 9.13. The van der Waals surface area contributed by atoms with Crippen molar-refractivity contribution in [2.45, 2.75) is 10.6 Å². The average Bonchev–Trinajstić information content (AvgIpc) is 2.55. The molecule has 3 aromatic carbocycles. The maximum Gasteiger partial charge on any atom is 0.337 e. The third kappa shape index (κ3) is 3.27. The van der Waals surface area contributed by atoms with Crippen molar-refractivity contribution in [2.24, 2.45) is 0 Å². The lowest BCUT2D eigenvalue weighted by molar-refractivity contribution is 0.0693. The van der Waals surface area contributed by atoms with Crippen LogP contribution in [0.15, 0.2) is 65.6 Å². The lowest BCUT2D eigenvalue weighted by Gasteiger charge is -2.10. The molecule has 0 aromatic heterocycles. The molecule has 0 radical (unpaired) electrons. The third-order valence-corrected chi connectivity index (χ3v) is 5.66. The van der Waals surface area contributed by atoms with E-state index in [0.29, 0.717) is 21.4 Å². The average molecular weight is 361 g/mol. The molecule has 1 N–H and O–H groups in total. The highest BCUT2D eigenvalue weighted by molar-refractivity contribution is 7.90. The Morgan fingerprint density at radius 1 is 0.958 bits per heavy atom. The second-order valence-electron chi connectivity index (χ2n) is 5.39. The Morgan fingerprint density at radius 3 is 2.12 bits per heavy atom. The number of halogens is 1. The minimum absolute atomic E-state index is 0.177. The second-order valence-corrected chi connectivity index (χ2v) is 7.78. The molecular formula is C18H13ClO4S. The molecule has 4 nitrogen and oxygen atoms in total. The third-order valence-electron chi connectivity index (χ3n) is 3.68. The first kappa shape index (κ1) is 16.5. The van der Waals surface area contributed by atoms with Gasteiger partial charge in [0.1, 0.15) is 0 Å². The normalized spacial score (nSPS) is 11.5. The molecule has 0 spiro atoms. The molecule has 0 unspecified atom stereocenters. The highest BCUT2D eigenvalue weighted by atomic mass is 35.5. The van der Waals surface area contributed by atoms with Crippen molar-refractivity contribution in [1.82, 2.24) is 0 Å². The van der Waals surface area contributed by atoms with Gasteiger partial charge in [-0.05, 0) is 40.6 Å². The molecule has 0 atom stereocenters. The lowest BCUT2D eigenvalue weighted by atomic mass is 10.1. The molecule has 24 heavy (non-hydrogen) atoms. The van der Waals surface area contributed by atoms with Crippen molar-refractivity contribution in [3.63, 3.8) is 0 Å². The van der Waals surface area contributed by atoms with Gasteiger partial charge in [0.25, 0.3) is 0 Å². The molecule has 3 aromatic rings. The largest absolute Gasteiger partial charge is 0.478 e. The van der Waals surface area contributed by atoms with Gasteiger partial charge in [0.05, 0.1) is 16.2 Å². The first-order chi connectivity index (χ1) is 11.4. The quantitative estimate of drug-likeness (QED) is 0.758. The number of aromatic carboxylic acids is 1. The molecule has 0 fully saturated rings. The van der Waals surface area contributed by atoms with E-state index in [1.165, 1.54) is 12.1 Å². The minimum atomic E-state index is -3.82. The summed E-state index contributed by atoms with van der Waals surface area (Å²) in [6.45, 7) is 0. The molecule has 0 aliphatic heterocycles. The first-order valence-electron chi connectivity index (χ1n) is 7.10. The van der Waals surface area contributed by atoms with E-state index in [0.717, 1.165) is 0 Å². The SMILES string of the molecule is O=C(O)c1cc2ccccc2cc1S(=O)(=O)Cc1ccc(Cl)cc1. The second kappa shape index (κ2) is 6.26. The van der Waals surface area contributed by atoms with Crippen molar-refractivity contribution in [3.05, 3.63) is 76.8 Å². The van der Waals surface area contributed by atoms with E-state index in [-0.39, 0.29) is 16.2 Å². The van der Waals surface area contributed by atoms with Crippen molar-refractivity contribution < 1.29 is 18.3 Å². The summed E-state index contributed by atoms with van der Waals surface area (Å²) in [6, 6.07) is 16.3. The van der Waals surface area contributed by atoms with E-state index in [4.69, 9.17) is 11.6 Å². The van der Waals surface area contributed by atoms with E-state index in [9.17, 15) is 18.3 Å². The summed E-state index contributed by atoms with van der Waals surface area (Å²) in [4.78, 5) is 11.4. The van der Waals surface area contributed by atoms with Gasteiger partial charge in [-0.25, -0.2) is 13.2 Å². The topological polar surface area (TPSA) is 71.4 Å². The van der Waals surface area contributed by atoms with Crippen LogP contribution in [-0.2, 0) is 15.6 Å². The zero-order valence-corrected chi connectivity index (χ0v) is 14.0. The predicted octanol–water partition coefficient (Wildman–Crippen LogP) is 4.17. The van der Waals surface area contributed by atoms with E-state index >= 15 is 0 Å². The Labute approximate surface area is 144 Å². The van der Waals surface area contributed by atoms with Crippen LogP contribution in [0.2, 0.25) is 5.02 Å². The van der Waals surface area contributed by atoms with Gasteiger partial charge in [-0.2, -0.15) is 0 Å². The summed E-state index contributed by atoms with van der Waals surface area (Å²) in [5.74, 6) is -1.56. The standard InChI is InChI=1S/C18H13ClO4S/c19-15-7-5-12(6-8-15)11-24(22,23)17-10-14-4-2-1-3-13(14)9-16(17)18(20)21/h1-10H,11H2,(H,20,21). The number of hydrogen-bond donors (Lipinski definition) is 1. The van der Waals surface area contributed by atoms with Gasteiger partial charge in [-0.15, -0.1) is 0 Å². The van der Waals surface area contributed by atoms with Crippen molar-refractivity contribution in [2.75, 3.05) is 0 Å². The van der Waals surface area contributed by atoms with Crippen LogP contribution in [0.5, 0.6) is 0 Å². The molecule has 0 aliphatic rings. The number of benzene rings is 3. The Bertz CT molecular complexity index is 1020. The van der Waals surface area contributed by atoms with E-state index < -0.39 is 15.8 Å². The fraction of sp³-hybridized carbons (Fsp3) is 0.0556. The molecule has 0 saturated carbocycles. The monoisotopic (exact) mass is 360 g/mol. The van der Waals surface area contributed by atoms with E-state index in [1.807, 2.05) is 0 Å². The summed E-state index contributed by atoms with van der Waals surface area (Å²) in [5.41, 5.74) is 0.326. The minimum Gasteiger partial charge on any atom is -0.478 e. The van der Waals surface area contributed by atoms with Gasteiger partial charge in [0.15, 0.2) is 9.84 Å². The Morgan fingerprint density at radius 2 is 1.54 bits per heavy atom. The molecule has 122 valence electrons. The Hall–Kier alpha value is -2.37. The van der Waals surface area contributed by atoms with Gasteiger partial charge >= 0.3 is 5.97 Å². The summed E-state index contributed by atoms with van der Waals surface area (Å²) < 4.78 is 25.5. The molecule has 3 rings (SSSR count). The predicted molar refractivity (Wildman–Crippen MR) is 93.2 cm³/mol. The molecular weight excluding hydrogens is 348 g/mol. The van der Waals surface area contributed by atoms with Crippen LogP contribution in [-0.4, -0.2) is 19.5 Å². The summed E-state index contributed by atoms with van der Waals surface area (Å²) >= 11 is 5.80. The Kier molecular flexibility index (Phi) is 4.30. The molecule has 6 heteroatoms. The Balaban J connectivity index is 2.13. The van der Waals surface area contributed by atoms with Gasteiger partial charge in [0, 0.05) is 5.02 Å². The fourth-order valence-corrected chi connectivity index (χ4v) is 4.22. The zero-order valence-electron chi connectivity index (χ0n) is 12.4. The number of fused-ring (bicyclic) bond motifs is 1. The van der Waals surface area contributed by atoms with Crippen LogP contribution in [0, 0.1) is 0 Å². The number of rotatable bonds is 4. The maximum absolute atomic E-state index is 12.8. The van der Waals surface area contributed by atoms with E-state index in [1.54, 1.807) is 48.5 Å². The smallest absolute Gasteiger partial charge is 0.337 e. The summed E-state index contributed by atoms with van der Waals surface area (Å²) in [7, 11) is -3.82. The number of hydrogen-bond acceptors (Lipinski definition) is 3. The van der Waals surface area contributed by atoms with Gasteiger partial charge < -0.3 is 5.11 Å². The van der Waals surface area contributed by atoms with Gasteiger partial charge in [0.2, 0.25) is 0 Å². The number of carboxylic acids is 1. The highest BCUT2D eigenvalue weighted by Crippen LogP contribution is 2.27. The zero-order chi connectivity index (χ0) is 17.3. The van der Waals surface area contributed by atoms with Gasteiger partial charge in [-0.3, -0.25) is 0 Å². The summed E-state index contributed by atoms with van der Waals surface area (Å²) in [5, 5.41) is 11.3. The molecule has 0 amide bonds. The molecule has 0 bridgehead atoms. The van der Waals surface area contributed by atoms with Crippen LogP contribution >= 0.6 is 11.6 Å². The number of carboxylic acid groups (broad SMARTS) is 1. The number of sulfone groups is 1. The van der Waals surface area contributed by atoms with Crippen LogP contribution in [0.3, 0.4) is 0 Å². The lowest BCUT2D eigenvalue weighted by Crippen LogP contribution is -2.11. The van der Waals surface area contributed by atoms with Crippen LogP contribution in [0.25, 0.3) is 10.8 Å². The van der Waals surface area contributed by atoms with E-state index in [2.05, 4.69) is 0 Å². The molecule has 0 heterocycles. The van der Waals surface area contributed by atoms with Gasteiger partial charge in [-0.1, -0.05) is 48.0 Å². The van der Waals surface area contributed by atoms with Crippen LogP contribution in [0.4, 0.5) is 0 Å². The van der Waals surface area contributed by atoms with Crippen molar-refractivity contribution in [1.29, 1.82) is 0 Å². The van der Waals surface area contributed by atoms with Crippen molar-refractivity contribution >= 4 is 38.2 Å². The fourth-order valence-electron chi connectivity index (χ4n) is 2.52.